The van der Waals surface area contributed by atoms with Gasteiger partial charge in [-0.2, -0.15) is 4.98 Å². The molecule has 4 rings (SSSR count). The smallest absolute Gasteiger partial charge is 0.229 e. The molecule has 7 nitrogen and oxygen atoms in total. The van der Waals surface area contributed by atoms with Crippen LogP contribution in [0.2, 0.25) is 5.02 Å². The molecule has 1 N–H and O–H groups in total. The monoisotopic (exact) mass is 381 g/mol. The number of hydrogen-bond acceptors (Lipinski definition) is 6. The van der Waals surface area contributed by atoms with Gasteiger partial charge in [0.2, 0.25) is 5.95 Å². The topological polar surface area (TPSA) is 81.4 Å². The Bertz CT molecular complexity index is 1100. The molecule has 1 aromatic carbocycles. The van der Waals surface area contributed by atoms with Crippen LogP contribution in [0.3, 0.4) is 0 Å². The second-order valence-electron chi connectivity index (χ2n) is 5.66. The molecular weight excluding hydrogens is 369 g/mol. The number of nitrogens with zero attached hydrogens (tertiary/aromatic N) is 6. The van der Waals surface area contributed by atoms with Gasteiger partial charge in [0.15, 0.2) is 5.82 Å². The Morgan fingerprint density at radius 3 is 2.63 bits per heavy atom. The molecule has 0 amide bonds. The fourth-order valence-electron chi connectivity index (χ4n) is 2.56. The van der Waals surface area contributed by atoms with E-state index in [-0.39, 0.29) is 5.02 Å². The highest BCUT2D eigenvalue weighted by atomic mass is 35.5. The van der Waals surface area contributed by atoms with E-state index in [9.17, 15) is 4.39 Å². The lowest BCUT2D eigenvalue weighted by atomic mass is 10.1. The van der Waals surface area contributed by atoms with Crippen LogP contribution in [-0.2, 0) is 0 Å². The summed E-state index contributed by atoms with van der Waals surface area (Å²) in [6.45, 7) is 1.88. The highest BCUT2D eigenvalue weighted by Gasteiger charge is 2.14. The summed E-state index contributed by atoms with van der Waals surface area (Å²) in [5, 5.41) is 3.05. The van der Waals surface area contributed by atoms with E-state index in [0.717, 1.165) is 17.0 Å². The van der Waals surface area contributed by atoms with Crippen molar-refractivity contribution in [3.05, 3.63) is 72.2 Å². The van der Waals surface area contributed by atoms with Crippen molar-refractivity contribution in [1.29, 1.82) is 0 Å². The van der Waals surface area contributed by atoms with Gasteiger partial charge in [0.05, 0.1) is 5.02 Å². The Kier molecular flexibility index (Phi) is 4.47. The summed E-state index contributed by atoms with van der Waals surface area (Å²) in [5.41, 5.74) is 2.10. The molecule has 0 saturated heterocycles. The molecule has 0 bridgehead atoms. The van der Waals surface area contributed by atoms with Crippen LogP contribution in [0.4, 0.5) is 16.0 Å². The number of hydrogen-bond donors (Lipinski definition) is 1. The molecule has 134 valence electrons. The summed E-state index contributed by atoms with van der Waals surface area (Å²) in [6, 6.07) is 4.31. The zero-order chi connectivity index (χ0) is 18.8. The largest absolute Gasteiger partial charge is 0.324 e. The van der Waals surface area contributed by atoms with Gasteiger partial charge in [0.25, 0.3) is 0 Å². The molecule has 4 aromatic rings. The van der Waals surface area contributed by atoms with Crippen LogP contribution in [0, 0.1) is 12.7 Å². The molecule has 0 radical (unpaired) electrons. The van der Waals surface area contributed by atoms with Crippen molar-refractivity contribution in [2.24, 2.45) is 0 Å². The van der Waals surface area contributed by atoms with Crippen molar-refractivity contribution >= 4 is 23.2 Å². The Morgan fingerprint density at radius 2 is 1.93 bits per heavy atom. The van der Waals surface area contributed by atoms with Gasteiger partial charge >= 0.3 is 0 Å². The molecule has 0 aliphatic carbocycles. The fourth-order valence-corrected chi connectivity index (χ4v) is 2.74. The number of benzene rings is 1. The maximum Gasteiger partial charge on any atom is 0.229 e. The lowest BCUT2D eigenvalue weighted by Gasteiger charge is -2.13. The Morgan fingerprint density at radius 1 is 1.11 bits per heavy atom. The lowest BCUT2D eigenvalue weighted by molar-refractivity contribution is 0.628. The second kappa shape index (κ2) is 7.08. The van der Waals surface area contributed by atoms with E-state index < -0.39 is 5.82 Å². The van der Waals surface area contributed by atoms with E-state index in [0.29, 0.717) is 17.5 Å². The third kappa shape index (κ3) is 3.47. The average molecular weight is 382 g/mol. The van der Waals surface area contributed by atoms with E-state index in [1.54, 1.807) is 30.9 Å². The minimum absolute atomic E-state index is 0.0173. The first-order valence-electron chi connectivity index (χ1n) is 7.96. The quantitative estimate of drug-likeness (QED) is 0.576. The normalized spacial score (nSPS) is 10.8. The van der Waals surface area contributed by atoms with Crippen molar-refractivity contribution in [3.8, 4) is 16.9 Å². The van der Waals surface area contributed by atoms with Crippen LogP contribution in [-0.4, -0.2) is 29.5 Å². The number of aryl methyl sites for hydroxylation is 1. The summed E-state index contributed by atoms with van der Waals surface area (Å²) in [5.74, 6) is 1.23. The second-order valence-corrected chi connectivity index (χ2v) is 6.06. The summed E-state index contributed by atoms with van der Waals surface area (Å²) in [4.78, 5) is 21.3. The minimum Gasteiger partial charge on any atom is -0.324 e. The number of anilines is 2. The van der Waals surface area contributed by atoms with E-state index >= 15 is 0 Å². The molecule has 3 aromatic heterocycles. The van der Waals surface area contributed by atoms with Gasteiger partial charge < -0.3 is 5.32 Å². The summed E-state index contributed by atoms with van der Waals surface area (Å²) < 4.78 is 15.2. The Labute approximate surface area is 159 Å². The number of rotatable bonds is 4. The first kappa shape index (κ1) is 17.0. The number of halogens is 2. The average Bonchev–Trinajstić information content (AvgIpc) is 3.11. The van der Waals surface area contributed by atoms with Gasteiger partial charge in [0.1, 0.15) is 18.0 Å². The highest BCUT2D eigenvalue weighted by Crippen LogP contribution is 2.27. The van der Waals surface area contributed by atoms with Crippen LogP contribution < -0.4 is 5.32 Å². The van der Waals surface area contributed by atoms with Gasteiger partial charge in [-0.05, 0) is 25.1 Å². The van der Waals surface area contributed by atoms with Gasteiger partial charge in [0, 0.05) is 47.8 Å². The standard InChI is InChI=1S/C18H13ClFN7/c1-11-23-4-5-27(11)17-14(12-7-21-10-22-8-12)9-24-18(26-17)25-13-2-3-16(20)15(19)6-13/h2-10H,1H3,(H,24,25,26). The van der Waals surface area contributed by atoms with Crippen LogP contribution in [0.1, 0.15) is 5.82 Å². The maximum absolute atomic E-state index is 13.4. The van der Waals surface area contributed by atoms with Crippen molar-refractivity contribution in [1.82, 2.24) is 29.5 Å². The van der Waals surface area contributed by atoms with Gasteiger partial charge in [-0.25, -0.2) is 24.3 Å². The molecule has 27 heavy (non-hydrogen) atoms. The molecule has 0 aliphatic heterocycles. The third-order valence-electron chi connectivity index (χ3n) is 3.87. The molecule has 0 aliphatic rings. The van der Waals surface area contributed by atoms with Gasteiger partial charge in [-0.3, -0.25) is 4.57 Å². The van der Waals surface area contributed by atoms with Crippen molar-refractivity contribution in [3.63, 3.8) is 0 Å². The zero-order valence-corrected chi connectivity index (χ0v) is 14.9. The van der Waals surface area contributed by atoms with Crippen LogP contribution in [0.5, 0.6) is 0 Å². The first-order valence-corrected chi connectivity index (χ1v) is 8.34. The molecular formula is C18H13ClFN7. The first-order chi connectivity index (χ1) is 13.1. The molecule has 0 spiro atoms. The zero-order valence-electron chi connectivity index (χ0n) is 14.1. The van der Waals surface area contributed by atoms with Crippen LogP contribution in [0.25, 0.3) is 16.9 Å². The molecule has 0 atom stereocenters. The molecule has 3 heterocycles. The molecule has 9 heteroatoms. The molecule has 0 unspecified atom stereocenters. The third-order valence-corrected chi connectivity index (χ3v) is 4.16. The predicted molar refractivity (Wildman–Crippen MR) is 99.6 cm³/mol. The number of imidazole rings is 1. The summed E-state index contributed by atoms with van der Waals surface area (Å²) in [7, 11) is 0. The number of nitrogens with one attached hydrogen (secondary N) is 1. The van der Waals surface area contributed by atoms with Gasteiger partial charge in [-0.15, -0.1) is 0 Å². The minimum atomic E-state index is -0.489. The van der Waals surface area contributed by atoms with Gasteiger partial charge in [-0.1, -0.05) is 11.6 Å². The van der Waals surface area contributed by atoms with Crippen LogP contribution >= 0.6 is 11.6 Å². The van der Waals surface area contributed by atoms with E-state index in [2.05, 4.69) is 30.2 Å². The van der Waals surface area contributed by atoms with Crippen molar-refractivity contribution in [2.75, 3.05) is 5.32 Å². The number of aromatic nitrogens is 6. The lowest BCUT2D eigenvalue weighted by Crippen LogP contribution is -2.06. The highest BCUT2D eigenvalue weighted by molar-refractivity contribution is 6.31. The SMILES string of the molecule is Cc1nccn1-c1nc(Nc2ccc(F)c(Cl)c2)ncc1-c1cncnc1. The molecule has 0 saturated carbocycles. The van der Waals surface area contributed by atoms with E-state index in [4.69, 9.17) is 11.6 Å². The predicted octanol–water partition coefficient (Wildman–Crippen LogP) is 3.96. The van der Waals surface area contributed by atoms with Crippen molar-refractivity contribution in [2.45, 2.75) is 6.92 Å². The Hall–Kier alpha value is -3.39. The molecule has 0 fully saturated rings. The van der Waals surface area contributed by atoms with E-state index in [1.165, 1.54) is 18.5 Å². The van der Waals surface area contributed by atoms with Crippen LogP contribution in [0.15, 0.2) is 55.5 Å². The van der Waals surface area contributed by atoms with Crippen molar-refractivity contribution < 1.29 is 4.39 Å². The maximum atomic E-state index is 13.4. The van der Waals surface area contributed by atoms with E-state index in [1.807, 2.05) is 17.7 Å². The fraction of sp³-hybridized carbons (Fsp3) is 0.0556. The Balaban J connectivity index is 1.79. The summed E-state index contributed by atoms with van der Waals surface area (Å²) >= 11 is 5.84. The summed E-state index contributed by atoms with van der Waals surface area (Å²) in [6.07, 6.45) is 10.0.